The van der Waals surface area contributed by atoms with Gasteiger partial charge in [-0.2, -0.15) is 9.50 Å². The number of carbonyl (C=O) groups excluding carboxylic acids is 1. The summed E-state index contributed by atoms with van der Waals surface area (Å²) in [5.74, 6) is 0.496. The second kappa shape index (κ2) is 8.95. The number of fused-ring (bicyclic) bond motifs is 2. The Morgan fingerprint density at radius 3 is 2.88 bits per heavy atom. The number of thioether (sulfide) groups is 1. The lowest BCUT2D eigenvalue weighted by atomic mass is 10.0. The highest BCUT2D eigenvalue weighted by atomic mass is 32.2. The number of hydrogen-bond donors (Lipinski definition) is 0. The second-order valence-electron chi connectivity index (χ2n) is 7.74. The zero-order chi connectivity index (χ0) is 22.9. The van der Waals surface area contributed by atoms with Gasteiger partial charge < -0.3 is 14.4 Å². The lowest BCUT2D eigenvalue weighted by molar-refractivity contribution is -0.0409. The molecule has 1 amide bonds. The first-order valence-electron chi connectivity index (χ1n) is 10.5. The van der Waals surface area contributed by atoms with Gasteiger partial charge in [0.25, 0.3) is 11.7 Å². The fraction of sp³-hybridized carbons (Fsp3) is 0.304. The van der Waals surface area contributed by atoms with Crippen molar-refractivity contribution in [2.24, 2.45) is 0 Å². The van der Waals surface area contributed by atoms with E-state index in [0.29, 0.717) is 52.8 Å². The molecule has 1 aliphatic heterocycles. The van der Waals surface area contributed by atoms with Gasteiger partial charge in [0.05, 0.1) is 13.2 Å². The van der Waals surface area contributed by atoms with Crippen molar-refractivity contribution in [1.82, 2.24) is 24.5 Å². The molecule has 2 aromatic heterocycles. The van der Waals surface area contributed by atoms with Crippen molar-refractivity contribution in [1.29, 1.82) is 0 Å². The lowest BCUT2D eigenvalue weighted by Gasteiger charge is -2.33. The van der Waals surface area contributed by atoms with Crippen LogP contribution in [0.5, 0.6) is 5.88 Å². The predicted octanol–water partition coefficient (Wildman–Crippen LogP) is 3.37. The van der Waals surface area contributed by atoms with E-state index < -0.39 is 0 Å². The molecule has 0 bridgehead atoms. The zero-order valence-corrected chi connectivity index (χ0v) is 19.0. The maximum atomic E-state index is 14.2. The fourth-order valence-corrected chi connectivity index (χ4v) is 4.26. The third-order valence-electron chi connectivity index (χ3n) is 5.52. The highest BCUT2D eigenvalue weighted by Gasteiger charge is 2.27. The van der Waals surface area contributed by atoms with Crippen molar-refractivity contribution >= 4 is 34.2 Å². The van der Waals surface area contributed by atoms with Crippen LogP contribution in [0.15, 0.2) is 47.6 Å². The molecule has 2 aromatic carbocycles. The zero-order valence-electron chi connectivity index (χ0n) is 18.2. The summed E-state index contributed by atoms with van der Waals surface area (Å²) in [7, 11) is 0. The van der Waals surface area contributed by atoms with Crippen molar-refractivity contribution in [2.45, 2.75) is 18.2 Å². The van der Waals surface area contributed by atoms with Crippen molar-refractivity contribution in [3.8, 4) is 5.88 Å². The van der Waals surface area contributed by atoms with Gasteiger partial charge in [0.15, 0.2) is 0 Å². The Kier molecular flexibility index (Phi) is 5.86. The fourth-order valence-electron chi connectivity index (χ4n) is 3.93. The van der Waals surface area contributed by atoms with Gasteiger partial charge in [-0.25, -0.2) is 9.37 Å². The predicted molar refractivity (Wildman–Crippen MR) is 122 cm³/mol. The van der Waals surface area contributed by atoms with Crippen molar-refractivity contribution in [2.75, 3.05) is 32.6 Å². The number of nitrogens with zero attached hydrogens (tertiary/aromatic N) is 5. The number of amides is 1. The Balaban J connectivity index is 1.32. The summed E-state index contributed by atoms with van der Waals surface area (Å²) in [5, 5.41) is 6.05. The molecule has 0 N–H and O–H groups in total. The molecule has 1 unspecified atom stereocenters. The molecule has 1 atom stereocenters. The van der Waals surface area contributed by atoms with E-state index in [-0.39, 0.29) is 24.4 Å². The number of carbonyl (C=O) groups is 1. The lowest BCUT2D eigenvalue weighted by Crippen LogP contribution is -2.47. The molecule has 33 heavy (non-hydrogen) atoms. The summed E-state index contributed by atoms with van der Waals surface area (Å²) < 4.78 is 27.6. The molecule has 4 aromatic rings. The molecule has 0 saturated carbocycles. The molecular weight excluding hydrogens is 445 g/mol. The van der Waals surface area contributed by atoms with Gasteiger partial charge in [-0.3, -0.25) is 4.79 Å². The van der Waals surface area contributed by atoms with Crippen molar-refractivity contribution in [3.05, 3.63) is 59.5 Å². The molecule has 0 aliphatic carbocycles. The number of rotatable bonds is 5. The highest BCUT2D eigenvalue weighted by molar-refractivity contribution is 7.98. The first-order valence-corrected chi connectivity index (χ1v) is 11.8. The van der Waals surface area contributed by atoms with Crippen LogP contribution in [0.4, 0.5) is 4.39 Å². The van der Waals surface area contributed by atoms with Crippen LogP contribution in [0, 0.1) is 12.7 Å². The minimum Gasteiger partial charge on any atom is -0.475 e. The summed E-state index contributed by atoms with van der Waals surface area (Å²) in [6.07, 6.45) is 1.58. The largest absolute Gasteiger partial charge is 0.475 e. The van der Waals surface area contributed by atoms with E-state index in [1.807, 2.05) is 13.2 Å². The van der Waals surface area contributed by atoms with E-state index in [2.05, 4.69) is 15.1 Å². The van der Waals surface area contributed by atoms with Crippen LogP contribution in [0.25, 0.3) is 16.6 Å². The standard InChI is InChI=1S/C23H22FN5O3S/c1-14-11-20(29-22(25-14)26-23(27-29)33-2)32-13-15-12-28(9-10-31-15)21(30)18-7-8-19(24)17-6-4-3-5-16(17)18/h3-8,11,15H,9-10,12-13H2,1-2H3. The van der Waals surface area contributed by atoms with Gasteiger partial charge in [0.2, 0.25) is 11.0 Å². The normalized spacial score (nSPS) is 16.5. The SMILES string of the molecule is CSc1nc2nc(C)cc(OCC3CN(C(=O)c4ccc(F)c5ccccc45)CCO3)n2n1. The molecule has 0 spiro atoms. The van der Waals surface area contributed by atoms with Crippen LogP contribution >= 0.6 is 11.8 Å². The Morgan fingerprint density at radius 2 is 2.06 bits per heavy atom. The number of halogens is 1. The number of aromatic nitrogens is 4. The number of aryl methyl sites for hydroxylation is 1. The van der Waals surface area contributed by atoms with Gasteiger partial charge in [-0.1, -0.05) is 36.0 Å². The summed E-state index contributed by atoms with van der Waals surface area (Å²) in [5.41, 5.74) is 1.24. The van der Waals surface area contributed by atoms with Gasteiger partial charge in [0, 0.05) is 29.3 Å². The summed E-state index contributed by atoms with van der Waals surface area (Å²) >= 11 is 1.43. The van der Waals surface area contributed by atoms with Gasteiger partial charge in [0.1, 0.15) is 18.5 Å². The molecule has 170 valence electrons. The highest BCUT2D eigenvalue weighted by Crippen LogP contribution is 2.24. The Morgan fingerprint density at radius 1 is 1.24 bits per heavy atom. The van der Waals surface area contributed by atoms with Crippen LogP contribution in [0.2, 0.25) is 0 Å². The number of hydrogen-bond acceptors (Lipinski definition) is 7. The van der Waals surface area contributed by atoms with Crippen LogP contribution in [-0.2, 0) is 4.74 Å². The maximum Gasteiger partial charge on any atom is 0.256 e. The van der Waals surface area contributed by atoms with Gasteiger partial charge in [-0.05, 0) is 30.7 Å². The average Bonchev–Trinajstić information content (AvgIpc) is 3.26. The van der Waals surface area contributed by atoms with E-state index in [9.17, 15) is 9.18 Å². The van der Waals surface area contributed by atoms with Crippen LogP contribution in [-0.4, -0.2) is 69.1 Å². The number of ether oxygens (including phenoxy) is 2. The second-order valence-corrected chi connectivity index (χ2v) is 8.51. The molecule has 3 heterocycles. The summed E-state index contributed by atoms with van der Waals surface area (Å²) in [4.78, 5) is 23.7. The van der Waals surface area contributed by atoms with E-state index in [4.69, 9.17) is 9.47 Å². The number of benzene rings is 2. The summed E-state index contributed by atoms with van der Waals surface area (Å²) in [6, 6.07) is 11.7. The smallest absolute Gasteiger partial charge is 0.256 e. The van der Waals surface area contributed by atoms with Crippen molar-refractivity contribution in [3.63, 3.8) is 0 Å². The minimum absolute atomic E-state index is 0.150. The van der Waals surface area contributed by atoms with Gasteiger partial charge in [-0.15, -0.1) is 5.10 Å². The third-order valence-corrected chi connectivity index (χ3v) is 6.05. The molecule has 8 nitrogen and oxygen atoms in total. The Hall–Kier alpha value is -3.24. The van der Waals surface area contributed by atoms with E-state index >= 15 is 0 Å². The Bertz CT molecular complexity index is 1340. The van der Waals surface area contributed by atoms with Gasteiger partial charge >= 0.3 is 0 Å². The van der Waals surface area contributed by atoms with Crippen LogP contribution in [0.1, 0.15) is 16.1 Å². The van der Waals surface area contributed by atoms with Crippen molar-refractivity contribution < 1.29 is 18.7 Å². The monoisotopic (exact) mass is 467 g/mol. The first kappa shape index (κ1) is 21.6. The maximum absolute atomic E-state index is 14.2. The average molecular weight is 468 g/mol. The van der Waals surface area contributed by atoms with E-state index in [0.717, 1.165) is 5.69 Å². The molecule has 10 heteroatoms. The molecule has 5 rings (SSSR count). The summed E-state index contributed by atoms with van der Waals surface area (Å²) in [6.45, 7) is 3.32. The molecule has 1 aliphatic rings. The van der Waals surface area contributed by atoms with Crippen LogP contribution < -0.4 is 4.74 Å². The quantitative estimate of drug-likeness (QED) is 0.416. The third kappa shape index (κ3) is 4.23. The molecule has 1 fully saturated rings. The van der Waals surface area contributed by atoms with E-state index in [1.165, 1.54) is 17.8 Å². The first-order chi connectivity index (χ1) is 16.0. The minimum atomic E-state index is -0.341. The van der Waals surface area contributed by atoms with E-state index in [1.54, 1.807) is 45.8 Å². The van der Waals surface area contributed by atoms with Crippen LogP contribution in [0.3, 0.4) is 0 Å². The molecule has 0 radical (unpaired) electrons. The number of morpholine rings is 1. The Labute approximate surface area is 193 Å². The molecular formula is C23H22FN5O3S. The molecule has 1 saturated heterocycles. The topological polar surface area (TPSA) is 81.9 Å².